The molecule has 1 saturated heterocycles. The lowest BCUT2D eigenvalue weighted by atomic mass is 10.2. The number of rotatable bonds is 6. The fourth-order valence-corrected chi connectivity index (χ4v) is 6.71. The molecule has 2 N–H and O–H groups in total. The number of carbonyl (C=O) groups excluding carboxylic acids is 1. The van der Waals surface area contributed by atoms with Crippen LogP contribution in [0.15, 0.2) is 23.1 Å². The number of amides is 1. The molecule has 0 spiro atoms. The summed E-state index contributed by atoms with van der Waals surface area (Å²) in [6.07, 6.45) is -1.36. The molecule has 0 aromatic heterocycles. The number of aliphatic hydroxyl groups is 1. The van der Waals surface area contributed by atoms with Crippen molar-refractivity contribution in [1.82, 2.24) is 9.42 Å². The lowest BCUT2D eigenvalue weighted by molar-refractivity contribution is -0.114. The molecular formula is C15H23N3O7S2. The molecule has 10 nitrogen and oxygen atoms in total. The minimum Gasteiger partial charge on any atom is -0.495 e. The monoisotopic (exact) mass is 421 g/mol. The molecule has 152 valence electrons. The molecule has 1 heterocycles. The molecule has 1 amide bonds. The van der Waals surface area contributed by atoms with E-state index in [1.165, 1.54) is 51.3 Å². The number of nitrogens with zero attached hydrogens (tertiary/aromatic N) is 2. The number of nitrogens with one attached hydrogen (secondary N) is 1. The summed E-state index contributed by atoms with van der Waals surface area (Å²) in [5.41, 5.74) is 0.236. The highest BCUT2D eigenvalue weighted by atomic mass is 32.2. The van der Waals surface area contributed by atoms with Gasteiger partial charge < -0.3 is 15.2 Å². The Hall–Kier alpha value is -1.73. The van der Waals surface area contributed by atoms with E-state index in [-0.39, 0.29) is 22.2 Å². The van der Waals surface area contributed by atoms with Gasteiger partial charge in [-0.15, -0.1) is 4.41 Å². The van der Waals surface area contributed by atoms with Crippen molar-refractivity contribution in [2.24, 2.45) is 0 Å². The van der Waals surface area contributed by atoms with Crippen LogP contribution in [0.25, 0.3) is 0 Å². The molecule has 1 aliphatic rings. The summed E-state index contributed by atoms with van der Waals surface area (Å²) in [5, 5.41) is 13.8. The lowest BCUT2D eigenvalue weighted by Gasteiger charge is -2.34. The number of hydrazine groups is 1. The van der Waals surface area contributed by atoms with Crippen molar-refractivity contribution < 1.29 is 31.5 Å². The van der Waals surface area contributed by atoms with E-state index in [1.807, 2.05) is 0 Å². The van der Waals surface area contributed by atoms with Crippen molar-refractivity contribution in [1.29, 1.82) is 0 Å². The van der Waals surface area contributed by atoms with Gasteiger partial charge in [0.25, 0.3) is 10.0 Å². The molecule has 0 unspecified atom stereocenters. The van der Waals surface area contributed by atoms with Crippen LogP contribution >= 0.6 is 0 Å². The Balaban J connectivity index is 2.58. The average Bonchev–Trinajstić information content (AvgIpc) is 2.78. The molecule has 0 bridgehead atoms. The molecule has 0 aliphatic carbocycles. The molecule has 1 fully saturated rings. The van der Waals surface area contributed by atoms with Crippen LogP contribution in [0.4, 0.5) is 5.69 Å². The molecule has 2 atom stereocenters. The number of carbonyl (C=O) groups is 1. The molecule has 2 rings (SSSR count). The molecule has 1 aromatic carbocycles. The van der Waals surface area contributed by atoms with Gasteiger partial charge in [0.1, 0.15) is 10.6 Å². The van der Waals surface area contributed by atoms with Crippen LogP contribution < -0.4 is 10.1 Å². The van der Waals surface area contributed by atoms with E-state index < -0.39 is 43.5 Å². The topological polar surface area (TPSA) is 133 Å². The van der Waals surface area contributed by atoms with Gasteiger partial charge in [0.05, 0.1) is 30.8 Å². The molecule has 12 heteroatoms. The minimum absolute atomic E-state index is 0.0197. The molecule has 0 saturated carbocycles. The van der Waals surface area contributed by atoms with Gasteiger partial charge in [-0.3, -0.25) is 4.79 Å². The second-order valence-electron chi connectivity index (χ2n) is 6.38. The van der Waals surface area contributed by atoms with Gasteiger partial charge in [-0.25, -0.2) is 21.8 Å². The van der Waals surface area contributed by atoms with E-state index in [2.05, 4.69) is 5.32 Å². The van der Waals surface area contributed by atoms with Crippen LogP contribution in [0.1, 0.15) is 6.92 Å². The van der Waals surface area contributed by atoms with Gasteiger partial charge in [-0.1, -0.05) is 0 Å². The smallest absolute Gasteiger partial charge is 0.260 e. The van der Waals surface area contributed by atoms with Crippen LogP contribution in [-0.4, -0.2) is 82.1 Å². The number of aliphatic hydroxyl groups excluding tert-OH is 1. The normalized spacial score (nSPS) is 22.2. The quantitative estimate of drug-likeness (QED) is 0.575. The van der Waals surface area contributed by atoms with Crippen molar-refractivity contribution >= 4 is 31.5 Å². The first-order valence-corrected chi connectivity index (χ1v) is 11.2. The lowest BCUT2D eigenvalue weighted by Crippen LogP contribution is -2.53. The molecule has 0 radical (unpaired) electrons. The fraction of sp³-hybridized carbons (Fsp3) is 0.533. The Morgan fingerprint density at radius 2 is 1.93 bits per heavy atom. The minimum atomic E-state index is -4.31. The Morgan fingerprint density at radius 1 is 1.30 bits per heavy atom. The summed E-state index contributed by atoms with van der Waals surface area (Å²) in [4.78, 5) is 11.0. The van der Waals surface area contributed by atoms with Gasteiger partial charge in [0.2, 0.25) is 5.91 Å². The number of ether oxygens (including phenoxy) is 1. The highest BCUT2D eigenvalue weighted by molar-refractivity contribution is 7.92. The van der Waals surface area contributed by atoms with Crippen LogP contribution in [0.3, 0.4) is 0 Å². The Kier molecular flexibility index (Phi) is 6.16. The van der Waals surface area contributed by atoms with Crippen LogP contribution in [0, 0.1) is 0 Å². The zero-order valence-corrected chi connectivity index (χ0v) is 17.0. The van der Waals surface area contributed by atoms with Crippen LogP contribution in [-0.2, 0) is 24.7 Å². The van der Waals surface area contributed by atoms with Gasteiger partial charge >= 0.3 is 0 Å². The number of hydrogen-bond acceptors (Lipinski definition) is 8. The Morgan fingerprint density at radius 3 is 2.37 bits per heavy atom. The number of sulfone groups is 1. The van der Waals surface area contributed by atoms with Crippen LogP contribution in [0.2, 0.25) is 0 Å². The SMILES string of the molecule is COc1ccc(NC(C)=O)cc1S(=O)(=O)N([C@@H]1CS(=O)(=O)C[C@H]1O)N(C)C. The van der Waals surface area contributed by atoms with Crippen LogP contribution in [0.5, 0.6) is 5.75 Å². The zero-order chi connectivity index (χ0) is 20.6. The highest BCUT2D eigenvalue weighted by Gasteiger charge is 2.46. The number of sulfonamides is 1. The van der Waals surface area contributed by atoms with Crippen molar-refractivity contribution in [3.8, 4) is 5.75 Å². The van der Waals surface area contributed by atoms with Crippen molar-refractivity contribution in [2.45, 2.75) is 24.0 Å². The third-order valence-electron chi connectivity index (χ3n) is 3.98. The first kappa shape index (κ1) is 21.6. The van der Waals surface area contributed by atoms with E-state index in [4.69, 9.17) is 4.74 Å². The standard InChI is InChI=1S/C15H23N3O7S2/c1-10(19)16-11-5-6-14(25-4)15(7-11)27(23,24)18(17(2)3)12-8-26(21,22)9-13(12)20/h5-7,12-13,20H,8-9H2,1-4H3,(H,16,19)/t12-,13-/m1/s1. The zero-order valence-electron chi connectivity index (χ0n) is 15.4. The average molecular weight is 421 g/mol. The second kappa shape index (κ2) is 7.72. The van der Waals surface area contributed by atoms with E-state index in [0.29, 0.717) is 0 Å². The van der Waals surface area contributed by atoms with Gasteiger partial charge in [0, 0.05) is 26.7 Å². The third kappa shape index (κ3) is 4.58. The Labute approximate surface area is 158 Å². The number of hydrogen-bond donors (Lipinski definition) is 2. The fourth-order valence-electron chi connectivity index (χ4n) is 2.97. The summed E-state index contributed by atoms with van der Waals surface area (Å²) in [7, 11) is -3.73. The molecular weight excluding hydrogens is 398 g/mol. The highest BCUT2D eigenvalue weighted by Crippen LogP contribution is 2.33. The van der Waals surface area contributed by atoms with E-state index >= 15 is 0 Å². The maximum Gasteiger partial charge on any atom is 0.260 e. The third-order valence-corrected chi connectivity index (χ3v) is 7.64. The summed E-state index contributed by atoms with van der Waals surface area (Å²) in [6, 6.07) is 2.91. The Bertz CT molecular complexity index is 929. The summed E-state index contributed by atoms with van der Waals surface area (Å²) in [5.74, 6) is -1.38. The largest absolute Gasteiger partial charge is 0.495 e. The molecule has 1 aliphatic heterocycles. The summed E-state index contributed by atoms with van der Waals surface area (Å²) >= 11 is 0. The molecule has 1 aromatic rings. The van der Waals surface area contributed by atoms with Gasteiger partial charge in [0.15, 0.2) is 9.84 Å². The number of benzene rings is 1. The first-order valence-electron chi connectivity index (χ1n) is 7.95. The van der Waals surface area contributed by atoms with E-state index in [9.17, 15) is 26.7 Å². The summed E-state index contributed by atoms with van der Waals surface area (Å²) < 4.78 is 56.3. The summed E-state index contributed by atoms with van der Waals surface area (Å²) in [6.45, 7) is 1.28. The van der Waals surface area contributed by atoms with E-state index in [1.54, 1.807) is 0 Å². The van der Waals surface area contributed by atoms with Crippen molar-refractivity contribution in [3.63, 3.8) is 0 Å². The van der Waals surface area contributed by atoms with Crippen molar-refractivity contribution in [3.05, 3.63) is 18.2 Å². The second-order valence-corrected chi connectivity index (χ2v) is 10.3. The first-order chi connectivity index (χ1) is 12.4. The van der Waals surface area contributed by atoms with E-state index in [0.717, 1.165) is 4.41 Å². The van der Waals surface area contributed by atoms with Crippen molar-refractivity contribution in [2.75, 3.05) is 38.0 Å². The van der Waals surface area contributed by atoms with Gasteiger partial charge in [-0.05, 0) is 18.2 Å². The molecule has 27 heavy (non-hydrogen) atoms. The predicted molar refractivity (Wildman–Crippen MR) is 98.5 cm³/mol. The maximum absolute atomic E-state index is 13.3. The predicted octanol–water partition coefficient (Wildman–Crippen LogP) is -0.721. The van der Waals surface area contributed by atoms with Gasteiger partial charge in [-0.2, -0.15) is 0 Å². The maximum atomic E-state index is 13.3. The number of anilines is 1. The number of methoxy groups -OCH3 is 1.